The smallest absolute Gasteiger partial charge is 0.140 e. The Balaban J connectivity index is 2.63. The molecule has 0 aliphatic heterocycles. The summed E-state index contributed by atoms with van der Waals surface area (Å²) in [4.78, 5) is 0. The molecule has 3 nitrogen and oxygen atoms in total. The summed E-state index contributed by atoms with van der Waals surface area (Å²) in [6, 6.07) is 7.64. The molecule has 3 heteroatoms. The van der Waals surface area contributed by atoms with Crippen LogP contribution in [0.25, 0.3) is 0 Å². The maximum atomic E-state index is 8.88. The average molecular weight is 205 g/mol. The molecule has 0 N–H and O–H groups in total. The van der Waals surface area contributed by atoms with Gasteiger partial charge in [-0.2, -0.15) is 5.26 Å². The van der Waals surface area contributed by atoms with Crippen LogP contribution in [-0.4, -0.2) is 19.8 Å². The van der Waals surface area contributed by atoms with E-state index in [1.54, 1.807) is 6.07 Å². The van der Waals surface area contributed by atoms with Gasteiger partial charge < -0.3 is 9.47 Å². The van der Waals surface area contributed by atoms with E-state index in [4.69, 9.17) is 14.7 Å². The zero-order valence-electron chi connectivity index (χ0n) is 9.12. The summed E-state index contributed by atoms with van der Waals surface area (Å²) < 4.78 is 10.7. The van der Waals surface area contributed by atoms with Crippen LogP contribution < -0.4 is 4.74 Å². The van der Waals surface area contributed by atoms with Crippen LogP contribution in [0.5, 0.6) is 5.75 Å². The predicted molar refractivity (Wildman–Crippen MR) is 57.9 cm³/mol. The standard InChI is InChI=1S/C12H15NO2/c1-3-14-7-8-15-12-10(2)5-4-6-11(12)9-13/h4-6H,3,7-8H2,1-2H3. The lowest BCUT2D eigenvalue weighted by Gasteiger charge is -2.10. The van der Waals surface area contributed by atoms with Crippen molar-refractivity contribution in [3.05, 3.63) is 29.3 Å². The zero-order chi connectivity index (χ0) is 11.1. The van der Waals surface area contributed by atoms with Gasteiger partial charge in [-0.15, -0.1) is 0 Å². The summed E-state index contributed by atoms with van der Waals surface area (Å²) in [6.07, 6.45) is 0. The maximum absolute atomic E-state index is 8.88. The fraction of sp³-hybridized carbons (Fsp3) is 0.417. The van der Waals surface area contributed by atoms with E-state index in [2.05, 4.69) is 6.07 Å². The van der Waals surface area contributed by atoms with Gasteiger partial charge in [-0.05, 0) is 25.5 Å². The molecule has 1 rings (SSSR count). The third-order valence-electron chi connectivity index (χ3n) is 2.01. The van der Waals surface area contributed by atoms with Crippen LogP contribution in [0.2, 0.25) is 0 Å². The molecule has 0 bridgehead atoms. The van der Waals surface area contributed by atoms with E-state index in [9.17, 15) is 0 Å². The van der Waals surface area contributed by atoms with Gasteiger partial charge in [-0.25, -0.2) is 0 Å². The van der Waals surface area contributed by atoms with Crippen LogP contribution in [0, 0.1) is 18.3 Å². The Morgan fingerprint density at radius 1 is 1.33 bits per heavy atom. The Labute approximate surface area is 90.2 Å². The van der Waals surface area contributed by atoms with Crippen molar-refractivity contribution >= 4 is 0 Å². The monoisotopic (exact) mass is 205 g/mol. The van der Waals surface area contributed by atoms with Gasteiger partial charge in [0.2, 0.25) is 0 Å². The predicted octanol–water partition coefficient (Wildman–Crippen LogP) is 2.28. The van der Waals surface area contributed by atoms with E-state index in [1.165, 1.54) is 0 Å². The summed E-state index contributed by atoms with van der Waals surface area (Å²) in [6.45, 7) is 5.58. The van der Waals surface area contributed by atoms with E-state index < -0.39 is 0 Å². The molecule has 1 aromatic rings. The first-order chi connectivity index (χ1) is 7.29. The summed E-state index contributed by atoms with van der Waals surface area (Å²) in [7, 11) is 0. The molecule has 80 valence electrons. The third kappa shape index (κ3) is 3.26. The highest BCUT2D eigenvalue weighted by atomic mass is 16.5. The van der Waals surface area contributed by atoms with Crippen molar-refractivity contribution in [2.24, 2.45) is 0 Å². The Morgan fingerprint density at radius 2 is 2.13 bits per heavy atom. The highest BCUT2D eigenvalue weighted by Gasteiger charge is 2.05. The molecule has 0 aliphatic rings. The minimum Gasteiger partial charge on any atom is -0.490 e. The first kappa shape index (κ1) is 11.5. The third-order valence-corrected chi connectivity index (χ3v) is 2.01. The molecular formula is C12H15NO2. The van der Waals surface area contributed by atoms with Gasteiger partial charge >= 0.3 is 0 Å². The fourth-order valence-corrected chi connectivity index (χ4v) is 1.28. The van der Waals surface area contributed by atoms with Gasteiger partial charge in [0.05, 0.1) is 12.2 Å². The Bertz CT molecular complexity index is 355. The second-order valence-corrected chi connectivity index (χ2v) is 3.11. The normalized spacial score (nSPS) is 9.67. The topological polar surface area (TPSA) is 42.2 Å². The molecule has 0 aliphatic carbocycles. The molecule has 0 unspecified atom stereocenters. The van der Waals surface area contributed by atoms with Crippen LogP contribution in [-0.2, 0) is 4.74 Å². The van der Waals surface area contributed by atoms with Gasteiger partial charge in [0.1, 0.15) is 18.4 Å². The minimum absolute atomic E-state index is 0.480. The van der Waals surface area contributed by atoms with Crippen LogP contribution in [0.1, 0.15) is 18.1 Å². The molecule has 0 saturated heterocycles. The van der Waals surface area contributed by atoms with E-state index in [-0.39, 0.29) is 0 Å². The Kier molecular flexibility index (Phi) is 4.65. The van der Waals surface area contributed by atoms with Gasteiger partial charge in [0, 0.05) is 6.61 Å². The number of benzene rings is 1. The second-order valence-electron chi connectivity index (χ2n) is 3.11. The molecule has 1 aromatic carbocycles. The summed E-state index contributed by atoms with van der Waals surface area (Å²) in [5.74, 6) is 0.666. The average Bonchev–Trinajstić information content (AvgIpc) is 2.26. The number of para-hydroxylation sites is 1. The van der Waals surface area contributed by atoms with Crippen LogP contribution in [0.15, 0.2) is 18.2 Å². The molecule has 15 heavy (non-hydrogen) atoms. The molecule has 0 fully saturated rings. The van der Waals surface area contributed by atoms with Crippen LogP contribution >= 0.6 is 0 Å². The second kappa shape index (κ2) is 6.05. The lowest BCUT2D eigenvalue weighted by Crippen LogP contribution is -2.07. The van der Waals surface area contributed by atoms with Crippen molar-refractivity contribution < 1.29 is 9.47 Å². The molecule has 0 saturated carbocycles. The van der Waals surface area contributed by atoms with Crippen LogP contribution in [0.4, 0.5) is 0 Å². The van der Waals surface area contributed by atoms with E-state index in [0.29, 0.717) is 31.1 Å². The molecule has 0 heterocycles. The minimum atomic E-state index is 0.480. The van der Waals surface area contributed by atoms with Crippen LogP contribution in [0.3, 0.4) is 0 Å². The zero-order valence-corrected chi connectivity index (χ0v) is 9.12. The number of nitriles is 1. The van der Waals surface area contributed by atoms with Gasteiger partial charge in [0.25, 0.3) is 0 Å². The first-order valence-electron chi connectivity index (χ1n) is 4.99. The summed E-state index contributed by atoms with van der Waals surface area (Å²) in [5.41, 5.74) is 1.55. The van der Waals surface area contributed by atoms with Crippen molar-refractivity contribution in [1.29, 1.82) is 5.26 Å². The SMILES string of the molecule is CCOCCOc1c(C)cccc1C#N. The first-order valence-corrected chi connectivity index (χ1v) is 4.99. The highest BCUT2D eigenvalue weighted by Crippen LogP contribution is 2.22. The van der Waals surface area contributed by atoms with E-state index in [0.717, 1.165) is 5.56 Å². The molecule has 0 aromatic heterocycles. The van der Waals surface area contributed by atoms with Crippen molar-refractivity contribution in [2.75, 3.05) is 19.8 Å². The Hall–Kier alpha value is -1.53. The number of nitrogens with zero attached hydrogens (tertiary/aromatic N) is 1. The van der Waals surface area contributed by atoms with E-state index in [1.807, 2.05) is 26.0 Å². The number of ether oxygens (including phenoxy) is 2. The highest BCUT2D eigenvalue weighted by molar-refractivity contribution is 5.47. The molecular weight excluding hydrogens is 190 g/mol. The number of hydrogen-bond donors (Lipinski definition) is 0. The van der Waals surface area contributed by atoms with Crippen molar-refractivity contribution in [3.8, 4) is 11.8 Å². The molecule has 0 atom stereocenters. The van der Waals surface area contributed by atoms with Gasteiger partial charge in [-0.3, -0.25) is 0 Å². The molecule has 0 amide bonds. The lowest BCUT2D eigenvalue weighted by molar-refractivity contribution is 0.110. The number of hydrogen-bond acceptors (Lipinski definition) is 3. The molecule has 0 radical (unpaired) electrons. The number of rotatable bonds is 5. The van der Waals surface area contributed by atoms with Gasteiger partial charge in [0.15, 0.2) is 0 Å². The largest absolute Gasteiger partial charge is 0.490 e. The summed E-state index contributed by atoms with van der Waals surface area (Å²) >= 11 is 0. The van der Waals surface area contributed by atoms with Gasteiger partial charge in [-0.1, -0.05) is 12.1 Å². The molecule has 0 spiro atoms. The quantitative estimate of drug-likeness (QED) is 0.692. The van der Waals surface area contributed by atoms with Crippen molar-refractivity contribution in [3.63, 3.8) is 0 Å². The summed E-state index contributed by atoms with van der Waals surface area (Å²) in [5, 5.41) is 8.88. The van der Waals surface area contributed by atoms with Crippen molar-refractivity contribution in [2.45, 2.75) is 13.8 Å². The fourth-order valence-electron chi connectivity index (χ4n) is 1.28. The lowest BCUT2D eigenvalue weighted by atomic mass is 10.1. The maximum Gasteiger partial charge on any atom is 0.140 e. The van der Waals surface area contributed by atoms with E-state index >= 15 is 0 Å². The number of aryl methyl sites for hydroxylation is 1. The Morgan fingerprint density at radius 3 is 2.80 bits per heavy atom. The van der Waals surface area contributed by atoms with Crippen molar-refractivity contribution in [1.82, 2.24) is 0 Å².